The zero-order chi connectivity index (χ0) is 30.6. The van der Waals surface area contributed by atoms with Gasteiger partial charge in [0, 0.05) is 47.8 Å². The number of aliphatic carboxylic acids is 2. The monoisotopic (exact) mass is 604 g/mol. The molecule has 224 valence electrons. The first kappa shape index (κ1) is 30.4. The van der Waals surface area contributed by atoms with Crippen LogP contribution in [0.2, 0.25) is 5.02 Å². The lowest BCUT2D eigenvalue weighted by atomic mass is 9.67. The van der Waals surface area contributed by atoms with Gasteiger partial charge in [0.05, 0.1) is 0 Å². The van der Waals surface area contributed by atoms with Crippen molar-refractivity contribution in [2.45, 2.75) is 37.6 Å². The predicted molar refractivity (Wildman–Crippen MR) is 163 cm³/mol. The quantitative estimate of drug-likeness (QED) is 0.304. The van der Waals surface area contributed by atoms with E-state index in [1.807, 2.05) is 41.3 Å². The summed E-state index contributed by atoms with van der Waals surface area (Å²) < 4.78 is 13.8. The first-order valence-corrected chi connectivity index (χ1v) is 14.8. The summed E-state index contributed by atoms with van der Waals surface area (Å²) in [4.78, 5) is 37.5. The number of carboxylic acids is 2. The van der Waals surface area contributed by atoms with Gasteiger partial charge in [0.15, 0.2) is 0 Å². The SMILES string of the molecule is O=C(O)/C=C/C(=O)O.O=C1C(C2(c3ccc(F)cc3)CCN(CC3CC3)CC2)=CCN1Cc1cc(Cl)cc2ccccc12. The third-order valence-electron chi connectivity index (χ3n) is 8.51. The number of likely N-dealkylation sites (tertiary alicyclic amines) is 1. The number of fused-ring (bicyclic) bond motifs is 1. The van der Waals surface area contributed by atoms with E-state index in [2.05, 4.69) is 23.1 Å². The highest BCUT2D eigenvalue weighted by Gasteiger charge is 2.45. The Morgan fingerprint density at radius 1 is 0.977 bits per heavy atom. The number of hydrogen-bond acceptors (Lipinski definition) is 4. The molecule has 3 aromatic rings. The van der Waals surface area contributed by atoms with Crippen LogP contribution in [0.15, 0.2) is 84.5 Å². The van der Waals surface area contributed by atoms with Crippen LogP contribution < -0.4 is 0 Å². The van der Waals surface area contributed by atoms with E-state index in [-0.39, 0.29) is 17.1 Å². The predicted octanol–water partition coefficient (Wildman–Crippen LogP) is 6.06. The summed E-state index contributed by atoms with van der Waals surface area (Å²) >= 11 is 6.41. The standard InChI is InChI=1S/C30H30ClFN2O.C4H4O4/c31-25-17-22-3-1-2-4-27(22)23(18-25)20-34-14-11-28(29(34)35)30(24-7-9-26(32)10-8-24)12-15-33(16-13-30)19-21-5-6-21;5-3(6)1-2-4(7)8/h1-4,7-11,17-18,21H,5-6,12-16,19-20H2;1-2H,(H,5,6)(H,7,8)/b;2-1+. The van der Waals surface area contributed by atoms with Crippen LogP contribution in [-0.4, -0.2) is 64.0 Å². The van der Waals surface area contributed by atoms with E-state index < -0.39 is 11.9 Å². The normalized spacial score (nSPS) is 18.4. The molecular formula is C34H34ClFN2O5. The lowest BCUT2D eigenvalue weighted by molar-refractivity contribution is -0.134. The largest absolute Gasteiger partial charge is 0.478 e. The van der Waals surface area contributed by atoms with E-state index in [0.29, 0.717) is 30.3 Å². The maximum Gasteiger partial charge on any atom is 0.328 e. The van der Waals surface area contributed by atoms with Gasteiger partial charge in [-0.1, -0.05) is 54.1 Å². The van der Waals surface area contributed by atoms with E-state index >= 15 is 0 Å². The summed E-state index contributed by atoms with van der Waals surface area (Å²) in [6.45, 7) is 4.21. The van der Waals surface area contributed by atoms with Crippen molar-refractivity contribution < 1.29 is 29.0 Å². The molecule has 1 amide bonds. The fourth-order valence-electron chi connectivity index (χ4n) is 6.17. The highest BCUT2D eigenvalue weighted by Crippen LogP contribution is 2.45. The van der Waals surface area contributed by atoms with Crippen molar-refractivity contribution >= 4 is 40.2 Å². The van der Waals surface area contributed by atoms with Crippen molar-refractivity contribution in [3.63, 3.8) is 0 Å². The minimum absolute atomic E-state index is 0.0917. The summed E-state index contributed by atoms with van der Waals surface area (Å²) in [6, 6.07) is 18.9. The van der Waals surface area contributed by atoms with Crippen molar-refractivity contribution in [3.8, 4) is 0 Å². The molecule has 2 N–H and O–H groups in total. The van der Waals surface area contributed by atoms with Crippen LogP contribution in [0.4, 0.5) is 4.39 Å². The van der Waals surface area contributed by atoms with Gasteiger partial charge in [-0.05, 0) is 90.9 Å². The molecule has 9 heteroatoms. The van der Waals surface area contributed by atoms with Crippen LogP contribution in [0, 0.1) is 11.7 Å². The molecule has 1 aliphatic carbocycles. The maximum atomic E-state index is 13.9. The number of benzene rings is 3. The Morgan fingerprint density at radius 2 is 1.63 bits per heavy atom. The molecule has 1 saturated carbocycles. The van der Waals surface area contributed by atoms with Crippen molar-refractivity contribution in [1.82, 2.24) is 9.80 Å². The average molecular weight is 605 g/mol. The van der Waals surface area contributed by atoms with Crippen molar-refractivity contribution in [1.29, 1.82) is 0 Å². The van der Waals surface area contributed by atoms with Crippen LogP contribution >= 0.6 is 11.6 Å². The molecule has 0 bridgehead atoms. The minimum Gasteiger partial charge on any atom is -0.478 e. The first-order valence-electron chi connectivity index (χ1n) is 14.4. The Balaban J connectivity index is 0.000000407. The molecule has 0 radical (unpaired) electrons. The summed E-state index contributed by atoms with van der Waals surface area (Å²) in [6.07, 6.45) is 7.69. The summed E-state index contributed by atoms with van der Waals surface area (Å²) in [5, 5.41) is 18.5. The molecule has 43 heavy (non-hydrogen) atoms. The van der Waals surface area contributed by atoms with Gasteiger partial charge in [0.2, 0.25) is 0 Å². The zero-order valence-electron chi connectivity index (χ0n) is 23.7. The van der Waals surface area contributed by atoms with Gasteiger partial charge in [-0.2, -0.15) is 0 Å². The zero-order valence-corrected chi connectivity index (χ0v) is 24.5. The number of piperidine rings is 1. The van der Waals surface area contributed by atoms with Gasteiger partial charge in [-0.25, -0.2) is 14.0 Å². The van der Waals surface area contributed by atoms with E-state index in [1.54, 1.807) is 0 Å². The second kappa shape index (κ2) is 13.1. The molecule has 2 aliphatic heterocycles. The first-order chi connectivity index (χ1) is 20.6. The third kappa shape index (κ3) is 7.32. The number of carboxylic acid groups (broad SMARTS) is 2. The summed E-state index contributed by atoms with van der Waals surface area (Å²) in [5.74, 6) is -1.81. The Morgan fingerprint density at radius 3 is 2.26 bits per heavy atom. The second-order valence-electron chi connectivity index (χ2n) is 11.4. The van der Waals surface area contributed by atoms with Gasteiger partial charge < -0.3 is 20.0 Å². The van der Waals surface area contributed by atoms with Gasteiger partial charge in [-0.15, -0.1) is 0 Å². The smallest absolute Gasteiger partial charge is 0.328 e. The topological polar surface area (TPSA) is 98.1 Å². The Hall–Kier alpha value is -4.01. The molecule has 3 aliphatic rings. The van der Waals surface area contributed by atoms with Gasteiger partial charge >= 0.3 is 11.9 Å². The number of hydrogen-bond donors (Lipinski definition) is 2. The Labute approximate surface area is 254 Å². The van der Waals surface area contributed by atoms with Gasteiger partial charge in [-0.3, -0.25) is 4.79 Å². The number of nitrogens with zero attached hydrogens (tertiary/aromatic N) is 2. The second-order valence-corrected chi connectivity index (χ2v) is 11.9. The third-order valence-corrected chi connectivity index (χ3v) is 8.73. The fourth-order valence-corrected chi connectivity index (χ4v) is 6.42. The molecule has 1 saturated heterocycles. The molecule has 3 aromatic carbocycles. The van der Waals surface area contributed by atoms with Crippen LogP contribution in [0.5, 0.6) is 0 Å². The number of carbonyl (C=O) groups excluding carboxylic acids is 1. The van der Waals surface area contributed by atoms with Crippen LogP contribution in [0.25, 0.3) is 10.8 Å². The van der Waals surface area contributed by atoms with E-state index in [9.17, 15) is 18.8 Å². The van der Waals surface area contributed by atoms with Crippen LogP contribution in [0.3, 0.4) is 0 Å². The number of halogens is 2. The highest BCUT2D eigenvalue weighted by atomic mass is 35.5. The molecule has 2 fully saturated rings. The molecule has 0 atom stereocenters. The molecule has 2 heterocycles. The number of rotatable bonds is 8. The van der Waals surface area contributed by atoms with Gasteiger partial charge in [0.25, 0.3) is 5.91 Å². The molecular weight excluding hydrogens is 571 g/mol. The summed E-state index contributed by atoms with van der Waals surface area (Å²) in [7, 11) is 0. The number of amides is 1. The van der Waals surface area contributed by atoms with E-state index in [4.69, 9.17) is 21.8 Å². The molecule has 7 nitrogen and oxygen atoms in total. The molecule has 6 rings (SSSR count). The van der Waals surface area contributed by atoms with Crippen LogP contribution in [-0.2, 0) is 26.3 Å². The number of carbonyl (C=O) groups is 3. The van der Waals surface area contributed by atoms with Crippen molar-refractivity contribution in [2.24, 2.45) is 5.92 Å². The maximum absolute atomic E-state index is 13.9. The van der Waals surface area contributed by atoms with Crippen LogP contribution in [0.1, 0.15) is 36.8 Å². The molecule has 0 aromatic heterocycles. The average Bonchev–Trinajstić information content (AvgIpc) is 3.73. The molecule has 0 unspecified atom stereocenters. The van der Waals surface area contributed by atoms with Crippen molar-refractivity contribution in [3.05, 3.63) is 106 Å². The van der Waals surface area contributed by atoms with Crippen molar-refractivity contribution in [2.75, 3.05) is 26.2 Å². The minimum atomic E-state index is -1.26. The Kier molecular flexibility index (Phi) is 9.28. The Bertz CT molecular complexity index is 1560. The lowest BCUT2D eigenvalue weighted by Gasteiger charge is -2.43. The van der Waals surface area contributed by atoms with E-state index in [1.165, 1.54) is 31.5 Å². The fraction of sp³-hybridized carbons (Fsp3) is 0.324. The lowest BCUT2D eigenvalue weighted by Crippen LogP contribution is -2.46. The van der Waals surface area contributed by atoms with E-state index in [0.717, 1.165) is 59.3 Å². The summed E-state index contributed by atoms with van der Waals surface area (Å²) in [5.41, 5.74) is 2.63. The highest BCUT2D eigenvalue weighted by molar-refractivity contribution is 6.31. The molecule has 0 spiro atoms. The van der Waals surface area contributed by atoms with Gasteiger partial charge in [0.1, 0.15) is 5.82 Å².